The van der Waals surface area contributed by atoms with Gasteiger partial charge >= 0.3 is 0 Å². The summed E-state index contributed by atoms with van der Waals surface area (Å²) >= 11 is 0. The first kappa shape index (κ1) is 31.5. The van der Waals surface area contributed by atoms with E-state index in [1.54, 1.807) is 0 Å². The average Bonchev–Trinajstić information content (AvgIpc) is 3.93. The molecule has 12 aromatic rings. The molecule has 0 N–H and O–H groups in total. The van der Waals surface area contributed by atoms with E-state index >= 15 is 0 Å². The van der Waals surface area contributed by atoms with Gasteiger partial charge in [0.15, 0.2) is 11.6 Å². The van der Waals surface area contributed by atoms with Crippen molar-refractivity contribution < 1.29 is 0 Å². The van der Waals surface area contributed by atoms with Crippen molar-refractivity contribution in [2.75, 3.05) is 0 Å². The minimum Gasteiger partial charge on any atom is -0.294 e. The average molecular weight is 730 g/mol. The fourth-order valence-electron chi connectivity index (χ4n) is 8.69. The van der Waals surface area contributed by atoms with Gasteiger partial charge in [-0.3, -0.25) is 13.7 Å². The number of benzene rings is 7. The van der Waals surface area contributed by atoms with Crippen molar-refractivity contribution in [1.82, 2.24) is 33.6 Å². The first-order chi connectivity index (χ1) is 28.3. The van der Waals surface area contributed by atoms with E-state index in [9.17, 15) is 0 Å². The zero-order valence-electron chi connectivity index (χ0n) is 30.5. The van der Waals surface area contributed by atoms with E-state index in [0.717, 1.165) is 77.4 Å². The second-order valence-electron chi connectivity index (χ2n) is 14.3. The normalized spacial score (nSPS) is 11.9. The van der Waals surface area contributed by atoms with Crippen molar-refractivity contribution in [3.63, 3.8) is 0 Å². The topological polar surface area (TPSA) is 66.3 Å². The molecule has 0 bridgehead atoms. The number of pyridine rings is 1. The molecule has 7 nitrogen and oxygen atoms in total. The van der Waals surface area contributed by atoms with Crippen LogP contribution in [0.3, 0.4) is 0 Å². The van der Waals surface area contributed by atoms with Gasteiger partial charge in [0.2, 0.25) is 5.95 Å². The predicted octanol–water partition coefficient (Wildman–Crippen LogP) is 11.9. The van der Waals surface area contributed by atoms with Crippen LogP contribution >= 0.6 is 0 Å². The Balaban J connectivity index is 1.16. The van der Waals surface area contributed by atoms with Crippen LogP contribution in [0.2, 0.25) is 0 Å². The Hall–Kier alpha value is -7.90. The molecule has 12 rings (SSSR count). The molecule has 0 amide bonds. The summed E-state index contributed by atoms with van der Waals surface area (Å²) < 4.78 is 6.79. The Labute approximate surface area is 326 Å². The standard InChI is InChI=1S/C50H31N7/c1-3-16-32(17-4-1)48-52-49(33-18-5-2-6-19-33)54-50(53-48)57-41-26-13-9-22-36(41)37-30-31-43-46(47(37)57)38-23-10-14-27-42(38)56(43)45-29-15-28-44(51-45)55-39-24-11-7-20-34(39)35-21-8-12-25-40(35)55/h1-31H. The van der Waals surface area contributed by atoms with Gasteiger partial charge in [-0.1, -0.05) is 146 Å². The Bertz CT molecular complexity index is 3410. The molecule has 7 aromatic carbocycles. The fraction of sp³-hybridized carbons (Fsp3) is 0. The highest BCUT2D eigenvalue weighted by Gasteiger charge is 2.24. The Morgan fingerprint density at radius 2 is 0.719 bits per heavy atom. The van der Waals surface area contributed by atoms with Crippen molar-refractivity contribution >= 4 is 65.4 Å². The van der Waals surface area contributed by atoms with Gasteiger partial charge in [-0.15, -0.1) is 0 Å². The lowest BCUT2D eigenvalue weighted by molar-refractivity contribution is 0.955. The lowest BCUT2D eigenvalue weighted by Crippen LogP contribution is -2.06. The molecule has 5 aromatic heterocycles. The third kappa shape index (κ3) is 4.72. The number of hydrogen-bond donors (Lipinski definition) is 0. The van der Waals surface area contributed by atoms with Crippen molar-refractivity contribution in [3.8, 4) is 40.4 Å². The van der Waals surface area contributed by atoms with Gasteiger partial charge in [-0.25, -0.2) is 9.97 Å². The first-order valence-corrected chi connectivity index (χ1v) is 19.1. The third-order valence-electron chi connectivity index (χ3n) is 11.1. The molecule has 0 radical (unpaired) electrons. The lowest BCUT2D eigenvalue weighted by atomic mass is 10.1. The van der Waals surface area contributed by atoms with Crippen molar-refractivity contribution in [2.24, 2.45) is 0 Å². The van der Waals surface area contributed by atoms with Crippen LogP contribution in [0, 0.1) is 0 Å². The van der Waals surface area contributed by atoms with Gasteiger partial charge in [0, 0.05) is 43.4 Å². The van der Waals surface area contributed by atoms with Crippen LogP contribution in [0.5, 0.6) is 0 Å². The molecule has 266 valence electrons. The molecular formula is C50H31N7. The largest absolute Gasteiger partial charge is 0.294 e. The molecule has 0 saturated heterocycles. The van der Waals surface area contributed by atoms with E-state index in [2.05, 4.69) is 141 Å². The van der Waals surface area contributed by atoms with Gasteiger partial charge in [-0.05, 0) is 42.5 Å². The highest BCUT2D eigenvalue weighted by molar-refractivity contribution is 6.26. The maximum absolute atomic E-state index is 5.44. The zero-order chi connectivity index (χ0) is 37.5. The number of rotatable bonds is 5. The van der Waals surface area contributed by atoms with Crippen molar-refractivity contribution in [2.45, 2.75) is 0 Å². The summed E-state index contributed by atoms with van der Waals surface area (Å²) in [6, 6.07) is 65.3. The summed E-state index contributed by atoms with van der Waals surface area (Å²) in [5.41, 5.74) is 8.26. The summed E-state index contributed by atoms with van der Waals surface area (Å²) in [4.78, 5) is 20.9. The second kappa shape index (κ2) is 12.3. The van der Waals surface area contributed by atoms with Crippen molar-refractivity contribution in [1.29, 1.82) is 0 Å². The highest BCUT2D eigenvalue weighted by Crippen LogP contribution is 2.42. The molecular weight excluding hydrogens is 699 g/mol. The predicted molar refractivity (Wildman–Crippen MR) is 232 cm³/mol. The monoisotopic (exact) mass is 729 g/mol. The molecule has 0 aliphatic heterocycles. The highest BCUT2D eigenvalue weighted by atomic mass is 15.2. The van der Waals surface area contributed by atoms with Crippen LogP contribution < -0.4 is 0 Å². The molecule has 0 spiro atoms. The molecule has 57 heavy (non-hydrogen) atoms. The van der Waals surface area contributed by atoms with Crippen LogP contribution in [-0.4, -0.2) is 33.6 Å². The van der Waals surface area contributed by atoms with Crippen LogP contribution in [0.4, 0.5) is 0 Å². The fourth-order valence-corrected chi connectivity index (χ4v) is 8.69. The third-order valence-corrected chi connectivity index (χ3v) is 11.1. The zero-order valence-corrected chi connectivity index (χ0v) is 30.5. The maximum Gasteiger partial charge on any atom is 0.238 e. The molecule has 0 aliphatic rings. The number of aromatic nitrogens is 7. The van der Waals surface area contributed by atoms with Gasteiger partial charge < -0.3 is 0 Å². The molecule has 0 atom stereocenters. The van der Waals surface area contributed by atoms with E-state index in [1.807, 2.05) is 60.7 Å². The molecule has 0 saturated carbocycles. The van der Waals surface area contributed by atoms with E-state index < -0.39 is 0 Å². The van der Waals surface area contributed by atoms with Gasteiger partial charge in [0.05, 0.1) is 33.1 Å². The summed E-state index contributed by atoms with van der Waals surface area (Å²) in [5.74, 6) is 3.49. The lowest BCUT2D eigenvalue weighted by Gasteiger charge is -2.12. The summed E-state index contributed by atoms with van der Waals surface area (Å²) in [5, 5.41) is 6.88. The smallest absolute Gasteiger partial charge is 0.238 e. The Morgan fingerprint density at radius 1 is 0.281 bits per heavy atom. The van der Waals surface area contributed by atoms with Crippen LogP contribution in [-0.2, 0) is 0 Å². The minimum absolute atomic E-state index is 0.560. The number of hydrogen-bond acceptors (Lipinski definition) is 4. The first-order valence-electron chi connectivity index (χ1n) is 19.1. The van der Waals surface area contributed by atoms with Gasteiger partial charge in [0.1, 0.15) is 11.6 Å². The van der Waals surface area contributed by atoms with Crippen molar-refractivity contribution in [3.05, 3.63) is 188 Å². The van der Waals surface area contributed by atoms with Gasteiger partial charge in [0.25, 0.3) is 0 Å². The van der Waals surface area contributed by atoms with E-state index in [0.29, 0.717) is 17.6 Å². The van der Waals surface area contributed by atoms with Crippen LogP contribution in [0.15, 0.2) is 188 Å². The van der Waals surface area contributed by atoms with Crippen LogP contribution in [0.1, 0.15) is 0 Å². The molecule has 0 aliphatic carbocycles. The number of para-hydroxylation sites is 4. The van der Waals surface area contributed by atoms with E-state index in [4.69, 9.17) is 19.9 Å². The molecule has 5 heterocycles. The summed E-state index contributed by atoms with van der Waals surface area (Å²) in [7, 11) is 0. The Morgan fingerprint density at radius 3 is 1.28 bits per heavy atom. The maximum atomic E-state index is 5.44. The number of fused-ring (bicyclic) bond motifs is 10. The second-order valence-corrected chi connectivity index (χ2v) is 14.3. The van der Waals surface area contributed by atoms with Gasteiger partial charge in [-0.2, -0.15) is 9.97 Å². The minimum atomic E-state index is 0.560. The van der Waals surface area contributed by atoms with E-state index in [-0.39, 0.29) is 0 Å². The SMILES string of the molecule is c1ccc(-c2nc(-c3ccccc3)nc(-n3c4ccccc4c4ccc5c(c6ccccc6n5-c5cccc(-n6c7ccccc7c7ccccc76)n5)c43)n2)cc1. The van der Waals surface area contributed by atoms with Crippen LogP contribution in [0.25, 0.3) is 106 Å². The number of nitrogens with zero attached hydrogens (tertiary/aromatic N) is 7. The summed E-state index contributed by atoms with van der Waals surface area (Å²) in [6.07, 6.45) is 0. The summed E-state index contributed by atoms with van der Waals surface area (Å²) in [6.45, 7) is 0. The Kier molecular flexibility index (Phi) is 6.79. The quantitative estimate of drug-likeness (QED) is 0.177. The molecule has 0 unspecified atom stereocenters. The molecule has 0 fully saturated rings. The molecule has 7 heteroatoms. The van der Waals surface area contributed by atoms with E-state index in [1.165, 1.54) is 10.8 Å².